The summed E-state index contributed by atoms with van der Waals surface area (Å²) in [4.78, 5) is 11.0. The maximum Gasteiger partial charge on any atom is 0.335 e. The van der Waals surface area contributed by atoms with Crippen LogP contribution in [0.15, 0.2) is 23.1 Å². The van der Waals surface area contributed by atoms with Crippen molar-refractivity contribution in [3.05, 3.63) is 29.3 Å². The number of hydrogen-bond donors (Lipinski definition) is 2. The molecule has 0 heterocycles. The molecule has 0 bridgehead atoms. The summed E-state index contributed by atoms with van der Waals surface area (Å²) in [5, 5.41) is 9.04. The summed E-state index contributed by atoms with van der Waals surface area (Å²) in [6, 6.07) is 4.01. The Hall–Kier alpha value is -1.44. The van der Waals surface area contributed by atoms with E-state index in [4.69, 9.17) is 9.84 Å². The Balaban J connectivity index is 3.17. The van der Waals surface area contributed by atoms with Crippen LogP contribution in [0.4, 0.5) is 0 Å². The van der Waals surface area contributed by atoms with Crippen molar-refractivity contribution in [1.29, 1.82) is 0 Å². The van der Waals surface area contributed by atoms with Crippen molar-refractivity contribution in [1.82, 2.24) is 4.72 Å². The average Bonchev–Trinajstić information content (AvgIpc) is 2.26. The molecular formula is C13H19NO5S. The zero-order valence-electron chi connectivity index (χ0n) is 11.9. The molecule has 0 aliphatic heterocycles. The molecule has 1 aromatic carbocycles. The number of aromatic carboxylic acids is 1. The van der Waals surface area contributed by atoms with Gasteiger partial charge in [0.15, 0.2) is 0 Å². The number of benzene rings is 1. The van der Waals surface area contributed by atoms with Gasteiger partial charge < -0.3 is 9.84 Å². The summed E-state index contributed by atoms with van der Waals surface area (Å²) >= 11 is 0. The fourth-order valence-electron chi connectivity index (χ4n) is 1.81. The highest BCUT2D eigenvalue weighted by atomic mass is 32.2. The Bertz CT molecular complexity index is 607. The Morgan fingerprint density at radius 2 is 2.00 bits per heavy atom. The molecule has 0 unspecified atom stereocenters. The van der Waals surface area contributed by atoms with Crippen LogP contribution in [0.5, 0.6) is 0 Å². The van der Waals surface area contributed by atoms with Crippen molar-refractivity contribution in [2.45, 2.75) is 31.2 Å². The van der Waals surface area contributed by atoms with E-state index in [0.717, 1.165) is 6.07 Å². The van der Waals surface area contributed by atoms with Crippen molar-refractivity contribution in [2.24, 2.45) is 0 Å². The van der Waals surface area contributed by atoms with Crippen LogP contribution < -0.4 is 4.72 Å². The minimum atomic E-state index is -3.81. The largest absolute Gasteiger partial charge is 0.478 e. The summed E-state index contributed by atoms with van der Waals surface area (Å²) in [5.41, 5.74) is -0.313. The van der Waals surface area contributed by atoms with Gasteiger partial charge in [-0.15, -0.1) is 0 Å². The second-order valence-corrected chi connectivity index (χ2v) is 6.89. The number of carboxylic acid groups (broad SMARTS) is 1. The third-order valence-corrected chi connectivity index (χ3v) is 4.36. The molecule has 0 aliphatic carbocycles. The molecule has 0 fully saturated rings. The molecule has 0 radical (unpaired) electrons. The highest BCUT2D eigenvalue weighted by molar-refractivity contribution is 7.89. The molecule has 20 heavy (non-hydrogen) atoms. The van der Waals surface area contributed by atoms with E-state index in [0.29, 0.717) is 5.56 Å². The van der Waals surface area contributed by atoms with Crippen molar-refractivity contribution in [2.75, 3.05) is 13.7 Å². The number of nitrogens with one attached hydrogen (secondary N) is 1. The highest BCUT2D eigenvalue weighted by Crippen LogP contribution is 2.18. The van der Waals surface area contributed by atoms with Gasteiger partial charge in [-0.3, -0.25) is 0 Å². The van der Waals surface area contributed by atoms with E-state index in [1.807, 2.05) is 0 Å². The molecule has 0 saturated carbocycles. The van der Waals surface area contributed by atoms with Gasteiger partial charge in [0.25, 0.3) is 0 Å². The van der Waals surface area contributed by atoms with Crippen molar-refractivity contribution in [3.8, 4) is 0 Å². The van der Waals surface area contributed by atoms with Crippen LogP contribution in [0.3, 0.4) is 0 Å². The molecule has 6 nitrogen and oxygen atoms in total. The van der Waals surface area contributed by atoms with Gasteiger partial charge in [-0.05, 0) is 38.5 Å². The number of methoxy groups -OCH3 is 1. The van der Waals surface area contributed by atoms with Gasteiger partial charge in [0.05, 0.1) is 22.6 Å². The Kier molecular flexibility index (Phi) is 4.90. The Labute approximate surface area is 118 Å². The van der Waals surface area contributed by atoms with Gasteiger partial charge in [0.2, 0.25) is 10.0 Å². The first kappa shape index (κ1) is 16.6. The quantitative estimate of drug-likeness (QED) is 0.828. The van der Waals surface area contributed by atoms with E-state index in [1.165, 1.54) is 19.2 Å². The summed E-state index contributed by atoms with van der Waals surface area (Å²) in [5.74, 6) is -1.16. The first-order valence-corrected chi connectivity index (χ1v) is 7.44. The lowest BCUT2D eigenvalue weighted by Gasteiger charge is -2.25. The summed E-state index contributed by atoms with van der Waals surface area (Å²) < 4.78 is 31.9. The van der Waals surface area contributed by atoms with Crippen LogP contribution in [0.25, 0.3) is 0 Å². The predicted molar refractivity (Wildman–Crippen MR) is 74.4 cm³/mol. The number of carbonyl (C=O) groups is 1. The van der Waals surface area contributed by atoms with Crippen molar-refractivity contribution >= 4 is 16.0 Å². The van der Waals surface area contributed by atoms with Gasteiger partial charge in [0, 0.05) is 7.11 Å². The minimum absolute atomic E-state index is 0.0302. The van der Waals surface area contributed by atoms with Crippen molar-refractivity contribution < 1.29 is 23.1 Å². The van der Waals surface area contributed by atoms with Crippen LogP contribution in [0.2, 0.25) is 0 Å². The third kappa shape index (κ3) is 4.03. The average molecular weight is 301 g/mol. The van der Waals surface area contributed by atoms with E-state index < -0.39 is 21.5 Å². The molecule has 0 saturated heterocycles. The first-order chi connectivity index (χ1) is 9.09. The molecule has 0 atom stereocenters. The second kappa shape index (κ2) is 5.90. The van der Waals surface area contributed by atoms with E-state index in [9.17, 15) is 13.2 Å². The SMILES string of the molecule is COCC(C)(C)NS(=O)(=O)c1ccc(C)c(C(=O)O)c1. The summed E-state index contributed by atoms with van der Waals surface area (Å²) in [6.07, 6.45) is 0. The number of sulfonamides is 1. The minimum Gasteiger partial charge on any atom is -0.478 e. The first-order valence-electron chi connectivity index (χ1n) is 5.96. The molecule has 2 N–H and O–H groups in total. The number of ether oxygens (including phenoxy) is 1. The molecule has 112 valence electrons. The Morgan fingerprint density at radius 1 is 1.40 bits per heavy atom. The fraction of sp³-hybridized carbons (Fsp3) is 0.462. The van der Waals surface area contributed by atoms with Gasteiger partial charge >= 0.3 is 5.97 Å². The van der Waals surface area contributed by atoms with E-state index >= 15 is 0 Å². The molecular weight excluding hydrogens is 282 g/mol. The predicted octanol–water partition coefficient (Wildman–Crippen LogP) is 1.40. The molecule has 7 heteroatoms. The number of carboxylic acids is 1. The van der Waals surface area contributed by atoms with Crippen LogP contribution in [-0.2, 0) is 14.8 Å². The topological polar surface area (TPSA) is 92.7 Å². The van der Waals surface area contributed by atoms with Crippen LogP contribution in [-0.4, -0.2) is 38.7 Å². The van der Waals surface area contributed by atoms with Gasteiger partial charge in [-0.1, -0.05) is 6.07 Å². The fourth-order valence-corrected chi connectivity index (χ4v) is 3.24. The van der Waals surface area contributed by atoms with Gasteiger partial charge in [-0.25, -0.2) is 17.9 Å². The normalized spacial score (nSPS) is 12.4. The lowest BCUT2D eigenvalue weighted by molar-refractivity contribution is 0.0696. The van der Waals surface area contributed by atoms with Crippen LogP contribution in [0.1, 0.15) is 29.8 Å². The molecule has 0 spiro atoms. The molecule has 0 amide bonds. The maximum atomic E-state index is 12.2. The zero-order valence-corrected chi connectivity index (χ0v) is 12.7. The Morgan fingerprint density at radius 3 is 2.50 bits per heavy atom. The molecule has 1 rings (SSSR count). The third-order valence-electron chi connectivity index (χ3n) is 2.67. The van der Waals surface area contributed by atoms with Gasteiger partial charge in [0.1, 0.15) is 0 Å². The van der Waals surface area contributed by atoms with Crippen LogP contribution in [0, 0.1) is 6.92 Å². The van der Waals surface area contributed by atoms with E-state index in [1.54, 1.807) is 20.8 Å². The zero-order chi connectivity index (χ0) is 15.6. The van der Waals surface area contributed by atoms with Crippen LogP contribution >= 0.6 is 0 Å². The van der Waals surface area contributed by atoms with Crippen molar-refractivity contribution in [3.63, 3.8) is 0 Å². The standard InChI is InChI=1S/C13H19NO5S/c1-9-5-6-10(7-11(9)12(15)16)20(17,18)14-13(2,3)8-19-4/h5-7,14H,8H2,1-4H3,(H,15,16). The van der Waals surface area contributed by atoms with E-state index in [2.05, 4.69) is 4.72 Å². The maximum absolute atomic E-state index is 12.2. The molecule has 1 aromatic rings. The number of rotatable bonds is 6. The second-order valence-electron chi connectivity index (χ2n) is 5.20. The lowest BCUT2D eigenvalue weighted by Crippen LogP contribution is -2.46. The monoisotopic (exact) mass is 301 g/mol. The molecule has 0 aromatic heterocycles. The smallest absolute Gasteiger partial charge is 0.335 e. The lowest BCUT2D eigenvalue weighted by atomic mass is 10.1. The number of aryl methyl sites for hydroxylation is 1. The van der Waals surface area contributed by atoms with Gasteiger partial charge in [-0.2, -0.15) is 0 Å². The molecule has 0 aliphatic rings. The van der Waals surface area contributed by atoms with E-state index in [-0.39, 0.29) is 17.1 Å². The number of hydrogen-bond acceptors (Lipinski definition) is 4. The highest BCUT2D eigenvalue weighted by Gasteiger charge is 2.27. The summed E-state index contributed by atoms with van der Waals surface area (Å²) in [6.45, 7) is 5.17. The summed E-state index contributed by atoms with van der Waals surface area (Å²) in [7, 11) is -2.33.